The lowest BCUT2D eigenvalue weighted by Crippen LogP contribution is -2.00. The maximum absolute atomic E-state index is 5.09. The Hall–Kier alpha value is -6.78. The van der Waals surface area contributed by atoms with Crippen molar-refractivity contribution in [3.63, 3.8) is 0 Å². The molecule has 4 heteroatoms. The number of fused-ring (bicyclic) bond motifs is 3. The van der Waals surface area contributed by atoms with E-state index in [4.69, 9.17) is 19.9 Å². The highest BCUT2D eigenvalue weighted by atomic mass is 15.0. The average molecular weight is 639 g/mol. The minimum Gasteiger partial charge on any atom is -0.248 e. The Morgan fingerprint density at radius 3 is 1.30 bits per heavy atom. The summed E-state index contributed by atoms with van der Waals surface area (Å²) in [4.78, 5) is 20.3. The first-order chi connectivity index (χ1) is 24.7. The molecule has 0 unspecified atom stereocenters. The smallest absolute Gasteiger partial charge is 0.164 e. The van der Waals surface area contributed by atoms with Crippen molar-refractivity contribution < 1.29 is 0 Å². The molecule has 234 valence electrons. The summed E-state index contributed by atoms with van der Waals surface area (Å²) in [5.74, 6) is 1.84. The van der Waals surface area contributed by atoms with E-state index in [1.807, 2.05) is 18.2 Å². The second-order valence-electron chi connectivity index (χ2n) is 12.3. The third kappa shape index (κ3) is 5.69. The Bertz CT molecular complexity index is 2550. The zero-order valence-electron chi connectivity index (χ0n) is 27.1. The van der Waals surface area contributed by atoms with Gasteiger partial charge < -0.3 is 0 Å². The van der Waals surface area contributed by atoms with Crippen LogP contribution >= 0.6 is 0 Å². The van der Waals surface area contributed by atoms with Gasteiger partial charge in [-0.3, -0.25) is 0 Å². The first kappa shape index (κ1) is 29.4. The quantitative estimate of drug-likeness (QED) is 0.170. The average Bonchev–Trinajstić information content (AvgIpc) is 3.21. The fraction of sp³-hybridized carbons (Fsp3) is 0. The second kappa shape index (κ2) is 12.7. The SMILES string of the molecule is c1ccc(-c2cccc(-c3nc(-c4cccc(-c5ccccc5)c4)nc(-c4cccc(-c5ccc6c(ccc7ccccc76)n5)c4)n3)c2)cc1. The number of aromatic nitrogens is 4. The van der Waals surface area contributed by atoms with Crippen molar-refractivity contribution in [3.8, 4) is 67.7 Å². The van der Waals surface area contributed by atoms with Crippen LogP contribution in [0.4, 0.5) is 0 Å². The molecule has 2 aromatic heterocycles. The standard InChI is InChI=1S/C46H30N4/c1-3-12-31(13-4-1)34-17-9-20-37(28-34)44-48-45(38-21-10-18-35(29-38)32-14-5-2-6-15-32)50-46(49-44)39-22-11-19-36(30-39)42-27-25-41-40-23-8-7-16-33(40)24-26-43(41)47-42/h1-30H. The fourth-order valence-electron chi connectivity index (χ4n) is 6.56. The number of pyridine rings is 1. The summed E-state index contributed by atoms with van der Waals surface area (Å²) in [6.07, 6.45) is 0. The molecular formula is C46H30N4. The summed E-state index contributed by atoms with van der Waals surface area (Å²) in [7, 11) is 0. The minimum atomic E-state index is 0.605. The zero-order chi connectivity index (χ0) is 33.3. The Morgan fingerprint density at radius 1 is 0.260 bits per heavy atom. The highest BCUT2D eigenvalue weighted by molar-refractivity contribution is 6.06. The summed E-state index contributed by atoms with van der Waals surface area (Å²) >= 11 is 0. The van der Waals surface area contributed by atoms with Crippen molar-refractivity contribution in [3.05, 3.63) is 182 Å². The van der Waals surface area contributed by atoms with Crippen molar-refractivity contribution in [1.82, 2.24) is 19.9 Å². The largest absolute Gasteiger partial charge is 0.248 e. The molecular weight excluding hydrogens is 609 g/mol. The van der Waals surface area contributed by atoms with E-state index in [0.717, 1.165) is 61.1 Å². The molecule has 4 nitrogen and oxygen atoms in total. The molecule has 50 heavy (non-hydrogen) atoms. The maximum atomic E-state index is 5.09. The molecule has 2 heterocycles. The molecule has 9 rings (SSSR count). The molecule has 0 atom stereocenters. The number of hydrogen-bond acceptors (Lipinski definition) is 4. The van der Waals surface area contributed by atoms with Crippen LogP contribution in [0.25, 0.3) is 89.4 Å². The van der Waals surface area contributed by atoms with E-state index in [2.05, 4.69) is 164 Å². The molecule has 0 fully saturated rings. The van der Waals surface area contributed by atoms with Crippen molar-refractivity contribution >= 4 is 21.7 Å². The lowest BCUT2D eigenvalue weighted by atomic mass is 10.0. The predicted molar refractivity (Wildman–Crippen MR) is 205 cm³/mol. The number of rotatable bonds is 6. The number of nitrogens with zero attached hydrogens (tertiary/aromatic N) is 4. The van der Waals surface area contributed by atoms with E-state index in [1.165, 1.54) is 10.8 Å². The van der Waals surface area contributed by atoms with Gasteiger partial charge in [-0.05, 0) is 63.4 Å². The summed E-state index contributed by atoms with van der Waals surface area (Å²) in [6.45, 7) is 0. The normalized spacial score (nSPS) is 11.2. The highest BCUT2D eigenvalue weighted by Gasteiger charge is 2.15. The van der Waals surface area contributed by atoms with Gasteiger partial charge in [-0.1, -0.05) is 152 Å². The van der Waals surface area contributed by atoms with Crippen LogP contribution in [0.3, 0.4) is 0 Å². The Balaban J connectivity index is 1.17. The maximum Gasteiger partial charge on any atom is 0.164 e. The molecule has 0 aliphatic carbocycles. The van der Waals surface area contributed by atoms with Crippen LogP contribution in [0.1, 0.15) is 0 Å². The van der Waals surface area contributed by atoms with Gasteiger partial charge in [-0.15, -0.1) is 0 Å². The van der Waals surface area contributed by atoms with Gasteiger partial charge >= 0.3 is 0 Å². The van der Waals surface area contributed by atoms with E-state index < -0.39 is 0 Å². The Labute approximate surface area is 290 Å². The lowest BCUT2D eigenvalue weighted by molar-refractivity contribution is 1.07. The highest BCUT2D eigenvalue weighted by Crippen LogP contribution is 2.32. The predicted octanol–water partition coefficient (Wildman–Crippen LogP) is 11.6. The molecule has 0 saturated heterocycles. The van der Waals surface area contributed by atoms with Crippen LogP contribution in [-0.2, 0) is 0 Å². The van der Waals surface area contributed by atoms with Gasteiger partial charge in [-0.25, -0.2) is 19.9 Å². The Morgan fingerprint density at radius 2 is 0.720 bits per heavy atom. The third-order valence-electron chi connectivity index (χ3n) is 9.10. The summed E-state index contributed by atoms with van der Waals surface area (Å²) in [5.41, 5.74) is 10.1. The van der Waals surface area contributed by atoms with Crippen LogP contribution < -0.4 is 0 Å². The molecule has 0 bridgehead atoms. The van der Waals surface area contributed by atoms with Crippen LogP contribution in [0.5, 0.6) is 0 Å². The first-order valence-electron chi connectivity index (χ1n) is 16.7. The van der Waals surface area contributed by atoms with Gasteiger partial charge in [0.15, 0.2) is 17.5 Å². The van der Waals surface area contributed by atoms with Gasteiger partial charge in [0.25, 0.3) is 0 Å². The molecule has 0 saturated carbocycles. The summed E-state index contributed by atoms with van der Waals surface area (Å²) < 4.78 is 0. The second-order valence-corrected chi connectivity index (χ2v) is 12.3. The van der Waals surface area contributed by atoms with E-state index >= 15 is 0 Å². The molecule has 0 aliphatic rings. The van der Waals surface area contributed by atoms with Crippen molar-refractivity contribution in [2.24, 2.45) is 0 Å². The van der Waals surface area contributed by atoms with Crippen LogP contribution in [0.15, 0.2) is 182 Å². The van der Waals surface area contributed by atoms with Gasteiger partial charge in [-0.2, -0.15) is 0 Å². The first-order valence-corrected chi connectivity index (χ1v) is 16.7. The summed E-state index contributed by atoms with van der Waals surface area (Å²) in [5, 5.41) is 3.56. The number of benzene rings is 7. The molecule has 0 amide bonds. The van der Waals surface area contributed by atoms with Crippen molar-refractivity contribution in [2.75, 3.05) is 0 Å². The Kier molecular flexibility index (Phi) is 7.45. The number of hydrogen-bond donors (Lipinski definition) is 0. The zero-order valence-corrected chi connectivity index (χ0v) is 27.1. The van der Waals surface area contributed by atoms with Crippen LogP contribution in [-0.4, -0.2) is 19.9 Å². The van der Waals surface area contributed by atoms with Gasteiger partial charge in [0.1, 0.15) is 0 Å². The lowest BCUT2D eigenvalue weighted by Gasteiger charge is -2.11. The topological polar surface area (TPSA) is 51.6 Å². The van der Waals surface area contributed by atoms with Crippen molar-refractivity contribution in [1.29, 1.82) is 0 Å². The molecule has 7 aromatic carbocycles. The van der Waals surface area contributed by atoms with E-state index in [-0.39, 0.29) is 0 Å². The minimum absolute atomic E-state index is 0.605. The van der Waals surface area contributed by atoms with Gasteiger partial charge in [0, 0.05) is 27.6 Å². The van der Waals surface area contributed by atoms with Crippen molar-refractivity contribution in [2.45, 2.75) is 0 Å². The van der Waals surface area contributed by atoms with Gasteiger partial charge in [0.05, 0.1) is 11.2 Å². The van der Waals surface area contributed by atoms with Crippen LogP contribution in [0, 0.1) is 0 Å². The van der Waals surface area contributed by atoms with Crippen LogP contribution in [0.2, 0.25) is 0 Å². The molecule has 0 radical (unpaired) electrons. The van der Waals surface area contributed by atoms with E-state index in [1.54, 1.807) is 0 Å². The van der Waals surface area contributed by atoms with E-state index in [0.29, 0.717) is 17.5 Å². The monoisotopic (exact) mass is 638 g/mol. The molecule has 0 N–H and O–H groups in total. The molecule has 0 spiro atoms. The molecule has 0 aliphatic heterocycles. The third-order valence-corrected chi connectivity index (χ3v) is 9.10. The molecule has 9 aromatic rings. The van der Waals surface area contributed by atoms with E-state index in [9.17, 15) is 0 Å². The van der Waals surface area contributed by atoms with Gasteiger partial charge in [0.2, 0.25) is 0 Å². The summed E-state index contributed by atoms with van der Waals surface area (Å²) in [6, 6.07) is 62.8. The fourth-order valence-corrected chi connectivity index (χ4v) is 6.56.